The number of aryl methyl sites for hydroxylation is 1. The largest absolute Gasteiger partial charge is 0.487 e. The Balaban J connectivity index is 1.76. The van der Waals surface area contributed by atoms with Crippen LogP contribution in [0.3, 0.4) is 0 Å². The van der Waals surface area contributed by atoms with Crippen LogP contribution in [-0.2, 0) is 11.2 Å². The first-order valence-corrected chi connectivity index (χ1v) is 8.25. The molecule has 0 spiro atoms. The number of nitrogen functional groups attached to an aromatic ring is 1. The number of nitrogens with zero attached hydrogens (tertiary/aromatic N) is 1. The summed E-state index contributed by atoms with van der Waals surface area (Å²) < 4.78 is 5.82. The van der Waals surface area contributed by atoms with Gasteiger partial charge in [0.05, 0.1) is 18.8 Å². The van der Waals surface area contributed by atoms with Gasteiger partial charge in [0.15, 0.2) is 0 Å². The van der Waals surface area contributed by atoms with E-state index in [1.165, 1.54) is 0 Å². The quantitative estimate of drug-likeness (QED) is 0.848. The number of ether oxygens (including phenoxy) is 1. The molecule has 1 atom stereocenters. The van der Waals surface area contributed by atoms with Gasteiger partial charge < -0.3 is 20.7 Å². The van der Waals surface area contributed by atoms with Gasteiger partial charge in [-0.2, -0.15) is 0 Å². The molecule has 1 amide bonds. The summed E-state index contributed by atoms with van der Waals surface area (Å²) in [6.45, 7) is 4.99. The van der Waals surface area contributed by atoms with Gasteiger partial charge in [-0.1, -0.05) is 25.1 Å². The van der Waals surface area contributed by atoms with E-state index in [2.05, 4.69) is 12.2 Å². The van der Waals surface area contributed by atoms with Crippen LogP contribution in [0.4, 0.5) is 17.1 Å². The minimum atomic E-state index is -0.0432. The zero-order chi connectivity index (χ0) is 17.1. The maximum atomic E-state index is 12.5. The monoisotopic (exact) mass is 325 g/mol. The van der Waals surface area contributed by atoms with Crippen LogP contribution >= 0.6 is 0 Å². The Morgan fingerprint density at radius 2 is 2.12 bits per heavy atom. The minimum Gasteiger partial charge on any atom is -0.487 e. The first-order valence-electron chi connectivity index (χ1n) is 8.25. The highest BCUT2D eigenvalue weighted by Gasteiger charge is 2.24. The van der Waals surface area contributed by atoms with Crippen molar-refractivity contribution >= 4 is 23.0 Å². The second kappa shape index (κ2) is 6.83. The second-order valence-electron chi connectivity index (χ2n) is 6.10. The predicted molar refractivity (Wildman–Crippen MR) is 97.6 cm³/mol. The fourth-order valence-corrected chi connectivity index (χ4v) is 3.01. The van der Waals surface area contributed by atoms with Gasteiger partial charge in [-0.25, -0.2) is 0 Å². The summed E-state index contributed by atoms with van der Waals surface area (Å²) in [7, 11) is 0. The lowest BCUT2D eigenvalue weighted by Crippen LogP contribution is -2.42. The van der Waals surface area contributed by atoms with E-state index in [0.29, 0.717) is 12.2 Å². The number of carbonyl (C=O) groups excluding carboxylic acids is 1. The van der Waals surface area contributed by atoms with Crippen LogP contribution in [0.25, 0.3) is 0 Å². The predicted octanol–water partition coefficient (Wildman–Crippen LogP) is 3.06. The van der Waals surface area contributed by atoms with Crippen molar-refractivity contribution in [3.05, 3.63) is 48.0 Å². The van der Waals surface area contributed by atoms with Crippen molar-refractivity contribution < 1.29 is 9.53 Å². The highest BCUT2D eigenvalue weighted by molar-refractivity contribution is 5.95. The highest BCUT2D eigenvalue weighted by atomic mass is 16.5. The van der Waals surface area contributed by atoms with Crippen molar-refractivity contribution in [1.82, 2.24) is 0 Å². The van der Waals surface area contributed by atoms with Crippen molar-refractivity contribution in [2.24, 2.45) is 0 Å². The topological polar surface area (TPSA) is 67.6 Å². The van der Waals surface area contributed by atoms with Gasteiger partial charge in [-0.15, -0.1) is 0 Å². The maximum absolute atomic E-state index is 12.5. The molecule has 0 aromatic heterocycles. The molecule has 0 radical (unpaired) electrons. The number of hydrogen-bond donors (Lipinski definition) is 2. The molecule has 24 heavy (non-hydrogen) atoms. The molecule has 0 bridgehead atoms. The van der Waals surface area contributed by atoms with E-state index < -0.39 is 0 Å². The third kappa shape index (κ3) is 3.45. The first kappa shape index (κ1) is 16.2. The zero-order valence-corrected chi connectivity index (χ0v) is 14.1. The second-order valence-corrected chi connectivity index (χ2v) is 6.10. The Bertz CT molecular complexity index is 745. The summed E-state index contributed by atoms with van der Waals surface area (Å²) in [6.07, 6.45) is 0.904. The Kier molecular flexibility index (Phi) is 4.60. The molecule has 0 aliphatic carbocycles. The van der Waals surface area contributed by atoms with E-state index in [-0.39, 0.29) is 18.6 Å². The lowest BCUT2D eigenvalue weighted by Gasteiger charge is -2.34. The number of amides is 1. The number of benzene rings is 2. The molecule has 126 valence electrons. The standard InChI is InChI=1S/C19H23N3O2/c1-3-14-6-4-5-7-16(14)21-19(23)12-22-11-13(2)24-18-9-8-15(20)10-17(18)22/h4-10,13H,3,11-12,20H2,1-2H3,(H,21,23). The summed E-state index contributed by atoms with van der Waals surface area (Å²) in [5.41, 5.74) is 9.42. The number of nitrogens with two attached hydrogens (primary N) is 1. The number of hydrogen-bond acceptors (Lipinski definition) is 4. The average molecular weight is 325 g/mol. The highest BCUT2D eigenvalue weighted by Crippen LogP contribution is 2.34. The summed E-state index contributed by atoms with van der Waals surface area (Å²) in [6, 6.07) is 13.4. The molecule has 0 saturated carbocycles. The number of nitrogens with one attached hydrogen (secondary N) is 1. The number of para-hydroxylation sites is 1. The number of rotatable bonds is 4. The normalized spacial score (nSPS) is 16.2. The molecule has 5 nitrogen and oxygen atoms in total. The van der Waals surface area contributed by atoms with Crippen LogP contribution in [0.2, 0.25) is 0 Å². The van der Waals surface area contributed by atoms with E-state index in [0.717, 1.165) is 29.1 Å². The fraction of sp³-hybridized carbons (Fsp3) is 0.316. The molecule has 1 aliphatic heterocycles. The van der Waals surface area contributed by atoms with Crippen molar-refractivity contribution in [2.45, 2.75) is 26.4 Å². The lowest BCUT2D eigenvalue weighted by atomic mass is 10.1. The van der Waals surface area contributed by atoms with Crippen molar-refractivity contribution in [2.75, 3.05) is 29.0 Å². The molecule has 2 aromatic rings. The maximum Gasteiger partial charge on any atom is 0.243 e. The van der Waals surface area contributed by atoms with Crippen LogP contribution in [0.1, 0.15) is 19.4 Å². The fourth-order valence-electron chi connectivity index (χ4n) is 3.01. The van der Waals surface area contributed by atoms with Crippen LogP contribution in [-0.4, -0.2) is 25.1 Å². The lowest BCUT2D eigenvalue weighted by molar-refractivity contribution is -0.115. The molecule has 1 heterocycles. The summed E-state index contributed by atoms with van der Waals surface area (Å²) in [5.74, 6) is 0.725. The molecule has 0 saturated heterocycles. The van der Waals surface area contributed by atoms with E-state index >= 15 is 0 Å². The average Bonchev–Trinajstić information content (AvgIpc) is 2.56. The van der Waals surface area contributed by atoms with Crippen LogP contribution in [0.5, 0.6) is 5.75 Å². The number of carbonyl (C=O) groups is 1. The molecule has 1 aliphatic rings. The van der Waals surface area contributed by atoms with Gasteiger partial charge >= 0.3 is 0 Å². The Morgan fingerprint density at radius 1 is 1.33 bits per heavy atom. The Morgan fingerprint density at radius 3 is 2.92 bits per heavy atom. The third-order valence-corrected chi connectivity index (χ3v) is 4.14. The SMILES string of the molecule is CCc1ccccc1NC(=O)CN1CC(C)Oc2ccc(N)cc21. The van der Waals surface area contributed by atoms with Gasteiger partial charge in [0, 0.05) is 11.4 Å². The molecule has 2 aromatic carbocycles. The van der Waals surface area contributed by atoms with Gasteiger partial charge in [-0.3, -0.25) is 4.79 Å². The number of fused-ring (bicyclic) bond motifs is 1. The summed E-state index contributed by atoms with van der Waals surface area (Å²) in [4.78, 5) is 14.5. The molecular formula is C19H23N3O2. The van der Waals surface area contributed by atoms with Crippen molar-refractivity contribution in [3.8, 4) is 5.75 Å². The van der Waals surface area contributed by atoms with Crippen LogP contribution in [0.15, 0.2) is 42.5 Å². The molecule has 1 unspecified atom stereocenters. The molecular weight excluding hydrogens is 302 g/mol. The summed E-state index contributed by atoms with van der Waals surface area (Å²) >= 11 is 0. The van der Waals surface area contributed by atoms with E-state index in [1.807, 2.05) is 54.3 Å². The zero-order valence-electron chi connectivity index (χ0n) is 14.1. The van der Waals surface area contributed by atoms with E-state index in [1.54, 1.807) is 0 Å². The van der Waals surface area contributed by atoms with Gasteiger partial charge in [-0.05, 0) is 43.2 Å². The van der Waals surface area contributed by atoms with Gasteiger partial charge in [0.1, 0.15) is 11.9 Å². The molecule has 3 rings (SSSR count). The van der Waals surface area contributed by atoms with Crippen molar-refractivity contribution in [3.63, 3.8) is 0 Å². The van der Waals surface area contributed by atoms with E-state index in [9.17, 15) is 4.79 Å². The van der Waals surface area contributed by atoms with Gasteiger partial charge in [0.2, 0.25) is 5.91 Å². The molecule has 5 heteroatoms. The Hall–Kier alpha value is -2.69. The van der Waals surface area contributed by atoms with Gasteiger partial charge in [0.25, 0.3) is 0 Å². The molecule has 3 N–H and O–H groups in total. The summed E-state index contributed by atoms with van der Waals surface area (Å²) in [5, 5.41) is 3.02. The third-order valence-electron chi connectivity index (χ3n) is 4.14. The van der Waals surface area contributed by atoms with Crippen LogP contribution in [0, 0.1) is 0 Å². The molecule has 0 fully saturated rings. The van der Waals surface area contributed by atoms with E-state index in [4.69, 9.17) is 10.5 Å². The van der Waals surface area contributed by atoms with Crippen molar-refractivity contribution in [1.29, 1.82) is 0 Å². The Labute approximate surface area is 142 Å². The van der Waals surface area contributed by atoms with Crippen LogP contribution < -0.4 is 20.7 Å². The smallest absolute Gasteiger partial charge is 0.243 e. The first-order chi connectivity index (χ1) is 11.6. The number of anilines is 3. The minimum absolute atomic E-state index is 0.0249.